The van der Waals surface area contributed by atoms with Crippen LogP contribution in [0.15, 0.2) is 65.5 Å². The Hall–Kier alpha value is -2.92. The standard InChI is InChI=1S/C23H25N3O2/c1-18-5-2-3-6-21(18)16-25-11-4-12-26(14-13-25)23(27)20-9-7-19(8-10-20)22-15-24-17-28-22/h2-3,5-10,15,17H,4,11-14,16H2,1H3. The number of hydrogen-bond acceptors (Lipinski definition) is 4. The smallest absolute Gasteiger partial charge is 0.253 e. The van der Waals surface area contributed by atoms with Crippen LogP contribution in [0, 0.1) is 6.92 Å². The van der Waals surface area contributed by atoms with E-state index in [1.165, 1.54) is 17.5 Å². The fourth-order valence-electron chi connectivity index (χ4n) is 3.68. The lowest BCUT2D eigenvalue weighted by atomic mass is 10.1. The normalized spacial score (nSPS) is 15.4. The number of aryl methyl sites for hydroxylation is 1. The van der Waals surface area contributed by atoms with Gasteiger partial charge in [0.2, 0.25) is 0 Å². The molecule has 28 heavy (non-hydrogen) atoms. The summed E-state index contributed by atoms with van der Waals surface area (Å²) in [6, 6.07) is 16.1. The maximum Gasteiger partial charge on any atom is 0.253 e. The number of benzene rings is 2. The summed E-state index contributed by atoms with van der Waals surface area (Å²) in [7, 11) is 0. The van der Waals surface area contributed by atoms with Gasteiger partial charge in [-0.1, -0.05) is 36.4 Å². The number of nitrogens with zero attached hydrogens (tertiary/aromatic N) is 3. The van der Waals surface area contributed by atoms with E-state index in [2.05, 4.69) is 41.1 Å². The number of hydrogen-bond donors (Lipinski definition) is 0. The van der Waals surface area contributed by atoms with Gasteiger partial charge in [-0.15, -0.1) is 0 Å². The molecule has 5 nitrogen and oxygen atoms in total. The van der Waals surface area contributed by atoms with E-state index in [9.17, 15) is 4.79 Å². The fraction of sp³-hybridized carbons (Fsp3) is 0.304. The Balaban J connectivity index is 1.38. The molecule has 5 heteroatoms. The molecule has 1 amide bonds. The highest BCUT2D eigenvalue weighted by atomic mass is 16.3. The molecule has 1 fully saturated rings. The molecule has 0 radical (unpaired) electrons. The van der Waals surface area contributed by atoms with Gasteiger partial charge in [0.25, 0.3) is 5.91 Å². The summed E-state index contributed by atoms with van der Waals surface area (Å²) < 4.78 is 5.31. The second-order valence-corrected chi connectivity index (χ2v) is 7.29. The van der Waals surface area contributed by atoms with E-state index < -0.39 is 0 Å². The Morgan fingerprint density at radius 3 is 2.61 bits per heavy atom. The van der Waals surface area contributed by atoms with Gasteiger partial charge in [0.15, 0.2) is 12.2 Å². The van der Waals surface area contributed by atoms with E-state index in [4.69, 9.17) is 4.42 Å². The van der Waals surface area contributed by atoms with Gasteiger partial charge in [0.1, 0.15) is 0 Å². The molecule has 1 saturated heterocycles. The summed E-state index contributed by atoms with van der Waals surface area (Å²) >= 11 is 0. The third-order valence-corrected chi connectivity index (χ3v) is 5.38. The van der Waals surface area contributed by atoms with E-state index in [0.29, 0.717) is 5.76 Å². The Morgan fingerprint density at radius 1 is 1.04 bits per heavy atom. The highest BCUT2D eigenvalue weighted by Crippen LogP contribution is 2.20. The molecular formula is C23H25N3O2. The first-order chi connectivity index (χ1) is 13.7. The van der Waals surface area contributed by atoms with Crippen molar-refractivity contribution in [3.63, 3.8) is 0 Å². The maximum absolute atomic E-state index is 12.9. The van der Waals surface area contributed by atoms with Crippen molar-refractivity contribution < 1.29 is 9.21 Å². The quantitative estimate of drug-likeness (QED) is 0.692. The molecule has 0 spiro atoms. The number of carbonyl (C=O) groups is 1. The number of rotatable bonds is 4. The van der Waals surface area contributed by atoms with Crippen molar-refractivity contribution in [2.24, 2.45) is 0 Å². The van der Waals surface area contributed by atoms with Gasteiger partial charge in [-0.05, 0) is 36.6 Å². The molecule has 0 N–H and O–H groups in total. The first kappa shape index (κ1) is 18.4. The molecule has 0 unspecified atom stereocenters. The van der Waals surface area contributed by atoms with E-state index in [1.807, 2.05) is 29.2 Å². The Morgan fingerprint density at radius 2 is 1.86 bits per heavy atom. The van der Waals surface area contributed by atoms with Crippen molar-refractivity contribution in [1.29, 1.82) is 0 Å². The van der Waals surface area contributed by atoms with Gasteiger partial charge in [0.05, 0.1) is 6.20 Å². The van der Waals surface area contributed by atoms with Crippen LogP contribution in [0.4, 0.5) is 0 Å². The summed E-state index contributed by atoms with van der Waals surface area (Å²) in [6.45, 7) is 6.58. The van der Waals surface area contributed by atoms with E-state index in [-0.39, 0.29) is 5.91 Å². The molecule has 3 aromatic rings. The van der Waals surface area contributed by atoms with E-state index in [1.54, 1.807) is 6.20 Å². The molecule has 0 saturated carbocycles. The third kappa shape index (κ3) is 4.15. The van der Waals surface area contributed by atoms with Crippen LogP contribution in [-0.2, 0) is 6.54 Å². The maximum atomic E-state index is 12.9. The van der Waals surface area contributed by atoms with Crippen molar-refractivity contribution in [1.82, 2.24) is 14.8 Å². The van der Waals surface area contributed by atoms with Crippen LogP contribution < -0.4 is 0 Å². The van der Waals surface area contributed by atoms with Crippen molar-refractivity contribution in [3.05, 3.63) is 77.8 Å². The first-order valence-electron chi connectivity index (χ1n) is 9.76. The monoisotopic (exact) mass is 375 g/mol. The van der Waals surface area contributed by atoms with Crippen LogP contribution in [0.1, 0.15) is 27.9 Å². The zero-order valence-electron chi connectivity index (χ0n) is 16.2. The van der Waals surface area contributed by atoms with Crippen molar-refractivity contribution in [2.45, 2.75) is 19.9 Å². The minimum absolute atomic E-state index is 0.0989. The summed E-state index contributed by atoms with van der Waals surface area (Å²) in [5.41, 5.74) is 4.33. The van der Waals surface area contributed by atoms with Crippen molar-refractivity contribution in [3.8, 4) is 11.3 Å². The average molecular weight is 375 g/mol. The van der Waals surface area contributed by atoms with Gasteiger partial charge in [-0.25, -0.2) is 4.98 Å². The first-order valence-corrected chi connectivity index (χ1v) is 9.76. The van der Waals surface area contributed by atoms with Crippen LogP contribution in [0.2, 0.25) is 0 Å². The summed E-state index contributed by atoms with van der Waals surface area (Å²) in [4.78, 5) is 21.3. The second kappa shape index (κ2) is 8.40. The van der Waals surface area contributed by atoms with E-state index in [0.717, 1.165) is 50.3 Å². The minimum Gasteiger partial charge on any atom is -0.444 e. The van der Waals surface area contributed by atoms with Gasteiger partial charge in [-0.3, -0.25) is 9.69 Å². The van der Waals surface area contributed by atoms with Gasteiger partial charge in [-0.2, -0.15) is 0 Å². The number of amides is 1. The molecule has 0 bridgehead atoms. The van der Waals surface area contributed by atoms with Crippen LogP contribution in [0.25, 0.3) is 11.3 Å². The molecule has 144 valence electrons. The van der Waals surface area contributed by atoms with Gasteiger partial charge < -0.3 is 9.32 Å². The molecular weight excluding hydrogens is 350 g/mol. The number of aromatic nitrogens is 1. The molecule has 2 heterocycles. The average Bonchev–Trinajstić information content (AvgIpc) is 3.16. The molecule has 2 aromatic carbocycles. The van der Waals surface area contributed by atoms with Gasteiger partial charge >= 0.3 is 0 Å². The predicted octanol–water partition coefficient (Wildman–Crippen LogP) is 4.00. The summed E-state index contributed by atoms with van der Waals surface area (Å²) in [5.74, 6) is 0.808. The Bertz CT molecular complexity index is 919. The van der Waals surface area contributed by atoms with Crippen LogP contribution in [0.3, 0.4) is 0 Å². The Labute approximate surface area is 165 Å². The number of carbonyl (C=O) groups excluding carboxylic acids is 1. The second-order valence-electron chi connectivity index (χ2n) is 7.29. The predicted molar refractivity (Wildman–Crippen MR) is 109 cm³/mol. The third-order valence-electron chi connectivity index (χ3n) is 5.38. The molecule has 4 rings (SSSR count). The SMILES string of the molecule is Cc1ccccc1CN1CCCN(C(=O)c2ccc(-c3cnco3)cc2)CC1. The highest BCUT2D eigenvalue weighted by molar-refractivity contribution is 5.94. The summed E-state index contributed by atoms with van der Waals surface area (Å²) in [5, 5.41) is 0. The number of oxazole rings is 1. The Kier molecular flexibility index (Phi) is 5.53. The largest absolute Gasteiger partial charge is 0.444 e. The summed E-state index contributed by atoms with van der Waals surface area (Å²) in [6.07, 6.45) is 4.08. The highest BCUT2D eigenvalue weighted by Gasteiger charge is 2.20. The lowest BCUT2D eigenvalue weighted by Gasteiger charge is -2.22. The molecule has 1 aliphatic rings. The van der Waals surface area contributed by atoms with E-state index >= 15 is 0 Å². The van der Waals surface area contributed by atoms with Crippen molar-refractivity contribution in [2.75, 3.05) is 26.2 Å². The van der Waals surface area contributed by atoms with Crippen LogP contribution >= 0.6 is 0 Å². The molecule has 0 aliphatic carbocycles. The lowest BCUT2D eigenvalue weighted by molar-refractivity contribution is 0.0761. The topological polar surface area (TPSA) is 49.6 Å². The zero-order valence-corrected chi connectivity index (χ0v) is 16.2. The molecule has 0 atom stereocenters. The van der Waals surface area contributed by atoms with Crippen LogP contribution in [-0.4, -0.2) is 46.9 Å². The fourth-order valence-corrected chi connectivity index (χ4v) is 3.68. The van der Waals surface area contributed by atoms with Gasteiger partial charge in [0, 0.05) is 43.9 Å². The zero-order chi connectivity index (χ0) is 19.3. The molecule has 1 aliphatic heterocycles. The van der Waals surface area contributed by atoms with Crippen LogP contribution in [0.5, 0.6) is 0 Å². The van der Waals surface area contributed by atoms with Crippen molar-refractivity contribution >= 4 is 5.91 Å². The lowest BCUT2D eigenvalue weighted by Crippen LogP contribution is -2.35. The molecule has 1 aromatic heterocycles. The minimum atomic E-state index is 0.0989.